The highest BCUT2D eigenvalue weighted by molar-refractivity contribution is 6.30. The highest BCUT2D eigenvalue weighted by Crippen LogP contribution is 2.30. The molecule has 1 aliphatic carbocycles. The van der Waals surface area contributed by atoms with Crippen LogP contribution in [0.3, 0.4) is 0 Å². The Morgan fingerprint density at radius 1 is 1.13 bits per heavy atom. The standard InChI is InChI=1S/C23H25ClN6O/c1-31-16-10-11-18-17(13-16)22(28-19-3-2-4-20(19)29-23(25)26)30-21(27-18)12-7-14-5-8-15(24)9-6-14/h5-13,19-20H,2-4H2,1H3,(H4,25,26,29)(H,27,28,30). The molecule has 1 fully saturated rings. The number of halogens is 1. The molecule has 0 saturated heterocycles. The smallest absolute Gasteiger partial charge is 0.186 e. The van der Waals surface area contributed by atoms with Crippen LogP contribution in [-0.4, -0.2) is 35.1 Å². The van der Waals surface area contributed by atoms with Crippen molar-refractivity contribution in [2.75, 3.05) is 12.4 Å². The number of aliphatic imine (C=N–C) groups is 1. The van der Waals surface area contributed by atoms with Gasteiger partial charge < -0.3 is 21.5 Å². The quantitative estimate of drug-likeness (QED) is 0.396. The first-order valence-corrected chi connectivity index (χ1v) is 10.5. The summed E-state index contributed by atoms with van der Waals surface area (Å²) in [4.78, 5) is 13.9. The van der Waals surface area contributed by atoms with Crippen LogP contribution < -0.4 is 21.5 Å². The van der Waals surface area contributed by atoms with Crippen LogP contribution in [0.1, 0.15) is 30.7 Å². The second-order valence-corrected chi connectivity index (χ2v) is 7.94. The lowest BCUT2D eigenvalue weighted by Crippen LogP contribution is -2.32. The van der Waals surface area contributed by atoms with E-state index in [9.17, 15) is 0 Å². The van der Waals surface area contributed by atoms with Gasteiger partial charge in [0, 0.05) is 10.4 Å². The zero-order chi connectivity index (χ0) is 21.8. The fourth-order valence-electron chi connectivity index (χ4n) is 3.81. The predicted octanol–water partition coefficient (Wildman–Crippen LogP) is 4.07. The number of guanidine groups is 1. The summed E-state index contributed by atoms with van der Waals surface area (Å²) < 4.78 is 5.40. The monoisotopic (exact) mass is 436 g/mol. The van der Waals surface area contributed by atoms with Crippen LogP contribution in [0.5, 0.6) is 5.75 Å². The van der Waals surface area contributed by atoms with Gasteiger partial charge in [0.1, 0.15) is 11.6 Å². The maximum atomic E-state index is 5.97. The van der Waals surface area contributed by atoms with Crippen molar-refractivity contribution in [3.05, 3.63) is 58.9 Å². The fraction of sp³-hybridized carbons (Fsp3) is 0.261. The molecule has 0 amide bonds. The molecule has 1 aliphatic rings. The van der Waals surface area contributed by atoms with Gasteiger partial charge in [-0.15, -0.1) is 0 Å². The fourth-order valence-corrected chi connectivity index (χ4v) is 3.94. The Bertz CT molecular complexity index is 1120. The van der Waals surface area contributed by atoms with Crippen molar-refractivity contribution in [1.29, 1.82) is 0 Å². The van der Waals surface area contributed by atoms with Crippen LogP contribution in [0, 0.1) is 0 Å². The SMILES string of the molecule is COc1ccc2nc(C=Cc3ccc(Cl)cc3)nc(NC3CCCC3N=C(N)N)c2c1. The number of anilines is 1. The van der Waals surface area contributed by atoms with Crippen LogP contribution in [-0.2, 0) is 0 Å². The minimum atomic E-state index is 0.0219. The summed E-state index contributed by atoms with van der Waals surface area (Å²) in [5.41, 5.74) is 13.1. The van der Waals surface area contributed by atoms with Crippen LogP contribution in [0.4, 0.5) is 5.82 Å². The van der Waals surface area contributed by atoms with E-state index in [0.29, 0.717) is 10.8 Å². The van der Waals surface area contributed by atoms with Gasteiger partial charge in [-0.3, -0.25) is 0 Å². The second-order valence-electron chi connectivity index (χ2n) is 7.50. The van der Waals surface area contributed by atoms with Gasteiger partial charge in [0.2, 0.25) is 0 Å². The first-order valence-electron chi connectivity index (χ1n) is 10.2. The van der Waals surface area contributed by atoms with Crippen LogP contribution >= 0.6 is 11.6 Å². The maximum absolute atomic E-state index is 5.97. The third-order valence-corrected chi connectivity index (χ3v) is 5.58. The van der Waals surface area contributed by atoms with Crippen molar-refractivity contribution < 1.29 is 4.74 Å². The van der Waals surface area contributed by atoms with Gasteiger partial charge in [0.25, 0.3) is 0 Å². The summed E-state index contributed by atoms with van der Waals surface area (Å²) in [6, 6.07) is 13.5. The Morgan fingerprint density at radius 2 is 1.94 bits per heavy atom. The van der Waals surface area contributed by atoms with Crippen molar-refractivity contribution in [3.63, 3.8) is 0 Å². The minimum absolute atomic E-state index is 0.0219. The Kier molecular flexibility index (Phi) is 6.23. The molecule has 7 nitrogen and oxygen atoms in total. The van der Waals surface area contributed by atoms with E-state index < -0.39 is 0 Å². The third kappa shape index (κ3) is 5.06. The lowest BCUT2D eigenvalue weighted by atomic mass is 10.1. The largest absolute Gasteiger partial charge is 0.497 e. The molecule has 0 spiro atoms. The number of fused-ring (bicyclic) bond motifs is 1. The molecule has 0 aliphatic heterocycles. The lowest BCUT2D eigenvalue weighted by molar-refractivity contribution is 0.415. The number of methoxy groups -OCH3 is 1. The molecule has 4 rings (SSSR count). The van der Waals surface area contributed by atoms with E-state index in [1.165, 1.54) is 0 Å². The van der Waals surface area contributed by atoms with Gasteiger partial charge in [-0.25, -0.2) is 15.0 Å². The van der Waals surface area contributed by atoms with Gasteiger partial charge in [0.15, 0.2) is 11.8 Å². The molecular weight excluding hydrogens is 412 g/mol. The third-order valence-electron chi connectivity index (χ3n) is 5.33. The van der Waals surface area contributed by atoms with E-state index in [1.54, 1.807) is 7.11 Å². The van der Waals surface area contributed by atoms with Gasteiger partial charge in [-0.1, -0.05) is 29.8 Å². The number of benzene rings is 2. The van der Waals surface area contributed by atoms with Gasteiger partial charge >= 0.3 is 0 Å². The van der Waals surface area contributed by atoms with E-state index in [4.69, 9.17) is 37.8 Å². The van der Waals surface area contributed by atoms with E-state index >= 15 is 0 Å². The average Bonchev–Trinajstić information content (AvgIpc) is 3.19. The summed E-state index contributed by atoms with van der Waals surface area (Å²) in [7, 11) is 1.64. The van der Waals surface area contributed by atoms with Crippen LogP contribution in [0.25, 0.3) is 23.1 Å². The summed E-state index contributed by atoms with van der Waals surface area (Å²) in [6.45, 7) is 0. The Labute approximate surface area is 186 Å². The Morgan fingerprint density at radius 3 is 2.68 bits per heavy atom. The zero-order valence-electron chi connectivity index (χ0n) is 17.3. The topological polar surface area (TPSA) is 111 Å². The Hall–Kier alpha value is -3.32. The van der Waals surface area contributed by atoms with Crippen LogP contribution in [0.2, 0.25) is 5.02 Å². The minimum Gasteiger partial charge on any atom is -0.497 e. The molecule has 3 aromatic rings. The van der Waals surface area contributed by atoms with Crippen LogP contribution in [0.15, 0.2) is 47.5 Å². The number of hydrogen-bond acceptors (Lipinski definition) is 5. The van der Waals surface area contributed by atoms with Gasteiger partial charge in [-0.2, -0.15) is 0 Å². The van der Waals surface area contributed by atoms with Gasteiger partial charge in [0.05, 0.1) is 24.7 Å². The molecule has 0 radical (unpaired) electrons. The maximum Gasteiger partial charge on any atom is 0.186 e. The number of hydrogen-bond donors (Lipinski definition) is 3. The van der Waals surface area contributed by atoms with Crippen molar-refractivity contribution in [2.45, 2.75) is 31.3 Å². The molecule has 5 N–H and O–H groups in total. The highest BCUT2D eigenvalue weighted by atomic mass is 35.5. The van der Waals surface area contributed by atoms with E-state index in [2.05, 4.69) is 10.3 Å². The molecule has 1 aromatic heterocycles. The first kappa shape index (κ1) is 20.9. The molecular formula is C23H25ClN6O. The molecule has 1 saturated carbocycles. The predicted molar refractivity (Wildman–Crippen MR) is 127 cm³/mol. The van der Waals surface area contributed by atoms with Gasteiger partial charge in [-0.05, 0) is 61.2 Å². The molecule has 1 heterocycles. The highest BCUT2D eigenvalue weighted by Gasteiger charge is 2.28. The van der Waals surface area contributed by atoms with Crippen molar-refractivity contribution >= 4 is 46.4 Å². The number of nitrogens with one attached hydrogen (secondary N) is 1. The number of ether oxygens (including phenoxy) is 1. The first-order chi connectivity index (χ1) is 15.0. The normalized spacial score (nSPS) is 18.4. The molecule has 2 atom stereocenters. The van der Waals surface area contributed by atoms with E-state index in [1.807, 2.05) is 54.6 Å². The zero-order valence-corrected chi connectivity index (χ0v) is 18.0. The molecule has 31 heavy (non-hydrogen) atoms. The Balaban J connectivity index is 1.70. The van der Waals surface area contributed by atoms with Crippen molar-refractivity contribution in [3.8, 4) is 5.75 Å². The number of nitrogens with zero attached hydrogens (tertiary/aromatic N) is 3. The summed E-state index contributed by atoms with van der Waals surface area (Å²) >= 11 is 5.97. The molecule has 8 heteroatoms. The number of rotatable bonds is 6. The molecule has 2 aromatic carbocycles. The summed E-state index contributed by atoms with van der Waals surface area (Å²) in [6.07, 6.45) is 6.80. The number of nitrogens with two attached hydrogens (primary N) is 2. The van der Waals surface area contributed by atoms with E-state index in [-0.39, 0.29) is 18.0 Å². The summed E-state index contributed by atoms with van der Waals surface area (Å²) in [5, 5.41) is 5.15. The average molecular weight is 437 g/mol. The van der Waals surface area contributed by atoms with Crippen molar-refractivity contribution in [2.24, 2.45) is 16.5 Å². The number of aromatic nitrogens is 2. The van der Waals surface area contributed by atoms with E-state index in [0.717, 1.165) is 47.3 Å². The molecule has 160 valence electrons. The van der Waals surface area contributed by atoms with Crippen molar-refractivity contribution in [1.82, 2.24) is 9.97 Å². The molecule has 2 unspecified atom stereocenters. The summed E-state index contributed by atoms with van der Waals surface area (Å²) in [5.74, 6) is 2.20. The lowest BCUT2D eigenvalue weighted by Gasteiger charge is -2.20. The molecule has 0 bridgehead atoms. The second kappa shape index (κ2) is 9.22.